The first-order chi connectivity index (χ1) is 9.08. The monoisotopic (exact) mass is 283 g/mol. The standard InChI is InChI=1S/C13H15F2N3S/c1-8-17-11(7-19-8)6-10(18-16)4-9-2-3-12(14)13(15)5-9/h2-3,5,7,10,18H,4,6,16H2,1H3. The van der Waals surface area contributed by atoms with E-state index in [4.69, 9.17) is 5.84 Å². The van der Waals surface area contributed by atoms with Gasteiger partial charge in [0, 0.05) is 17.8 Å². The maximum atomic E-state index is 13.1. The predicted octanol–water partition coefficient (Wildman–Crippen LogP) is 2.35. The zero-order valence-electron chi connectivity index (χ0n) is 10.5. The molecule has 0 aliphatic rings. The van der Waals surface area contributed by atoms with Gasteiger partial charge in [-0.1, -0.05) is 6.07 Å². The van der Waals surface area contributed by atoms with Crippen molar-refractivity contribution in [2.75, 3.05) is 0 Å². The van der Waals surface area contributed by atoms with Crippen molar-refractivity contribution in [3.63, 3.8) is 0 Å². The van der Waals surface area contributed by atoms with Crippen LogP contribution in [-0.2, 0) is 12.8 Å². The topological polar surface area (TPSA) is 50.9 Å². The van der Waals surface area contributed by atoms with Gasteiger partial charge in [0.05, 0.1) is 10.7 Å². The van der Waals surface area contributed by atoms with E-state index in [9.17, 15) is 8.78 Å². The van der Waals surface area contributed by atoms with Crippen LogP contribution in [0.3, 0.4) is 0 Å². The van der Waals surface area contributed by atoms with Crippen LogP contribution in [-0.4, -0.2) is 11.0 Å². The highest BCUT2D eigenvalue weighted by Gasteiger charge is 2.12. The number of benzene rings is 1. The fourth-order valence-electron chi connectivity index (χ4n) is 1.90. The van der Waals surface area contributed by atoms with Gasteiger partial charge in [0.2, 0.25) is 0 Å². The number of nitrogens with zero attached hydrogens (tertiary/aromatic N) is 1. The molecule has 19 heavy (non-hydrogen) atoms. The van der Waals surface area contributed by atoms with E-state index in [1.807, 2.05) is 12.3 Å². The maximum absolute atomic E-state index is 13.1. The van der Waals surface area contributed by atoms with Crippen molar-refractivity contribution >= 4 is 11.3 Å². The molecule has 0 saturated carbocycles. The van der Waals surface area contributed by atoms with E-state index in [0.717, 1.165) is 16.8 Å². The normalized spacial score (nSPS) is 12.6. The lowest BCUT2D eigenvalue weighted by atomic mass is 10.0. The molecule has 1 aromatic heterocycles. The fourth-order valence-corrected chi connectivity index (χ4v) is 2.52. The third kappa shape index (κ3) is 3.79. The first-order valence-electron chi connectivity index (χ1n) is 5.89. The molecule has 1 atom stereocenters. The van der Waals surface area contributed by atoms with Gasteiger partial charge in [-0.15, -0.1) is 11.3 Å². The van der Waals surface area contributed by atoms with Crippen LogP contribution < -0.4 is 11.3 Å². The zero-order valence-corrected chi connectivity index (χ0v) is 11.3. The maximum Gasteiger partial charge on any atom is 0.159 e. The van der Waals surface area contributed by atoms with Crippen LogP contribution in [0.4, 0.5) is 8.78 Å². The Labute approximate surface area is 114 Å². The third-order valence-corrected chi connectivity index (χ3v) is 3.65. The van der Waals surface area contributed by atoms with Crippen LogP contribution in [0.1, 0.15) is 16.3 Å². The minimum Gasteiger partial charge on any atom is -0.271 e. The Morgan fingerprint density at radius 1 is 1.32 bits per heavy atom. The van der Waals surface area contributed by atoms with Crippen LogP contribution in [0, 0.1) is 18.6 Å². The summed E-state index contributed by atoms with van der Waals surface area (Å²) in [6, 6.07) is 3.83. The zero-order chi connectivity index (χ0) is 13.8. The highest BCUT2D eigenvalue weighted by molar-refractivity contribution is 7.09. The Balaban J connectivity index is 2.04. The smallest absolute Gasteiger partial charge is 0.159 e. The molecule has 3 nitrogen and oxygen atoms in total. The molecule has 2 aromatic rings. The van der Waals surface area contributed by atoms with Gasteiger partial charge in [-0.3, -0.25) is 11.3 Å². The number of aromatic nitrogens is 1. The molecule has 2 rings (SSSR count). The van der Waals surface area contributed by atoms with Crippen LogP contribution in [0.15, 0.2) is 23.6 Å². The number of hydrogen-bond acceptors (Lipinski definition) is 4. The molecular weight excluding hydrogens is 268 g/mol. The van der Waals surface area contributed by atoms with Gasteiger partial charge in [0.15, 0.2) is 11.6 Å². The molecule has 0 amide bonds. The van der Waals surface area contributed by atoms with E-state index in [0.29, 0.717) is 18.4 Å². The second-order valence-corrected chi connectivity index (χ2v) is 5.44. The molecule has 0 bridgehead atoms. The largest absolute Gasteiger partial charge is 0.271 e. The summed E-state index contributed by atoms with van der Waals surface area (Å²) in [6.45, 7) is 1.94. The average Bonchev–Trinajstić information content (AvgIpc) is 2.78. The second-order valence-electron chi connectivity index (χ2n) is 4.38. The van der Waals surface area contributed by atoms with E-state index in [1.165, 1.54) is 6.07 Å². The van der Waals surface area contributed by atoms with E-state index >= 15 is 0 Å². The molecule has 0 radical (unpaired) electrons. The van der Waals surface area contributed by atoms with E-state index in [1.54, 1.807) is 17.4 Å². The van der Waals surface area contributed by atoms with Crippen LogP contribution in [0.25, 0.3) is 0 Å². The van der Waals surface area contributed by atoms with E-state index < -0.39 is 11.6 Å². The minimum atomic E-state index is -0.837. The Morgan fingerprint density at radius 2 is 2.11 bits per heavy atom. The Bertz CT molecular complexity index is 557. The third-order valence-electron chi connectivity index (χ3n) is 2.82. The molecule has 3 N–H and O–H groups in total. The van der Waals surface area contributed by atoms with Crippen molar-refractivity contribution in [2.45, 2.75) is 25.8 Å². The van der Waals surface area contributed by atoms with Gasteiger partial charge in [0.25, 0.3) is 0 Å². The number of halogens is 2. The molecule has 0 aliphatic carbocycles. The predicted molar refractivity (Wildman–Crippen MR) is 71.7 cm³/mol. The number of hydrogen-bond donors (Lipinski definition) is 2. The fraction of sp³-hybridized carbons (Fsp3) is 0.308. The highest BCUT2D eigenvalue weighted by atomic mass is 32.1. The number of rotatable bonds is 5. The van der Waals surface area contributed by atoms with Crippen molar-refractivity contribution < 1.29 is 8.78 Å². The Morgan fingerprint density at radius 3 is 2.68 bits per heavy atom. The lowest BCUT2D eigenvalue weighted by molar-refractivity contribution is 0.497. The number of nitrogens with two attached hydrogens (primary N) is 1. The average molecular weight is 283 g/mol. The molecule has 102 valence electrons. The summed E-state index contributed by atoms with van der Waals surface area (Å²) < 4.78 is 26.0. The van der Waals surface area contributed by atoms with Gasteiger partial charge >= 0.3 is 0 Å². The number of aryl methyl sites for hydroxylation is 1. The van der Waals surface area contributed by atoms with E-state index in [-0.39, 0.29) is 6.04 Å². The van der Waals surface area contributed by atoms with Gasteiger partial charge in [0.1, 0.15) is 0 Å². The van der Waals surface area contributed by atoms with Crippen molar-refractivity contribution in [3.8, 4) is 0 Å². The van der Waals surface area contributed by atoms with Crippen molar-refractivity contribution in [1.29, 1.82) is 0 Å². The quantitative estimate of drug-likeness (QED) is 0.654. The van der Waals surface area contributed by atoms with Gasteiger partial charge in [-0.2, -0.15) is 0 Å². The first-order valence-corrected chi connectivity index (χ1v) is 6.77. The van der Waals surface area contributed by atoms with Crippen molar-refractivity contribution in [1.82, 2.24) is 10.4 Å². The molecule has 0 saturated heterocycles. The van der Waals surface area contributed by atoms with Crippen LogP contribution in [0.5, 0.6) is 0 Å². The van der Waals surface area contributed by atoms with Gasteiger partial charge < -0.3 is 0 Å². The van der Waals surface area contributed by atoms with Gasteiger partial charge in [-0.25, -0.2) is 13.8 Å². The molecule has 0 spiro atoms. The second kappa shape index (κ2) is 6.18. The lowest BCUT2D eigenvalue weighted by Gasteiger charge is -2.14. The molecule has 1 unspecified atom stereocenters. The highest BCUT2D eigenvalue weighted by Crippen LogP contribution is 2.14. The number of thiazole rings is 1. The summed E-state index contributed by atoms with van der Waals surface area (Å²) in [5.41, 5.74) is 4.35. The summed E-state index contributed by atoms with van der Waals surface area (Å²) in [5, 5.41) is 2.98. The number of hydrazine groups is 1. The summed E-state index contributed by atoms with van der Waals surface area (Å²) in [5.74, 6) is 3.83. The van der Waals surface area contributed by atoms with Crippen LogP contribution >= 0.6 is 11.3 Å². The van der Waals surface area contributed by atoms with Crippen molar-refractivity contribution in [2.24, 2.45) is 5.84 Å². The summed E-state index contributed by atoms with van der Waals surface area (Å²) in [4.78, 5) is 4.36. The SMILES string of the molecule is Cc1nc(CC(Cc2ccc(F)c(F)c2)NN)cs1. The first kappa shape index (κ1) is 14.0. The molecule has 0 aliphatic heterocycles. The van der Waals surface area contributed by atoms with Gasteiger partial charge in [-0.05, 0) is 31.0 Å². The van der Waals surface area contributed by atoms with E-state index in [2.05, 4.69) is 10.4 Å². The van der Waals surface area contributed by atoms with Crippen LogP contribution in [0.2, 0.25) is 0 Å². The molecule has 0 fully saturated rings. The lowest BCUT2D eigenvalue weighted by Crippen LogP contribution is -2.38. The molecular formula is C13H15F2N3S. The molecule has 1 aromatic carbocycles. The minimum absolute atomic E-state index is 0.0636. The molecule has 1 heterocycles. The number of nitrogens with one attached hydrogen (secondary N) is 1. The summed E-state index contributed by atoms with van der Waals surface area (Å²) in [6.07, 6.45) is 1.17. The molecule has 6 heteroatoms. The summed E-state index contributed by atoms with van der Waals surface area (Å²) in [7, 11) is 0. The summed E-state index contributed by atoms with van der Waals surface area (Å²) >= 11 is 1.58. The van der Waals surface area contributed by atoms with Crippen molar-refractivity contribution in [3.05, 3.63) is 51.5 Å². The Kier molecular flexibility index (Phi) is 4.57. The Hall–Kier alpha value is -1.37.